The van der Waals surface area contributed by atoms with E-state index in [1.54, 1.807) is 0 Å². The Balaban J connectivity index is 1.84. The van der Waals surface area contributed by atoms with Gasteiger partial charge in [-0.1, -0.05) is 31.2 Å². The molecule has 0 aliphatic heterocycles. The highest BCUT2D eigenvalue weighted by atomic mass is 16.4. The summed E-state index contributed by atoms with van der Waals surface area (Å²) in [7, 11) is 0. The average Bonchev–Trinajstić information content (AvgIpc) is 2.48. The zero-order chi connectivity index (χ0) is 15.2. The van der Waals surface area contributed by atoms with Crippen LogP contribution < -0.4 is 5.32 Å². The lowest BCUT2D eigenvalue weighted by Gasteiger charge is -2.27. The van der Waals surface area contributed by atoms with Crippen molar-refractivity contribution in [2.75, 3.05) is 0 Å². The Bertz CT molecular complexity index is 505. The monoisotopic (exact) mass is 289 g/mol. The van der Waals surface area contributed by atoms with Gasteiger partial charge in [0.1, 0.15) is 0 Å². The molecule has 4 nitrogen and oxygen atoms in total. The van der Waals surface area contributed by atoms with Gasteiger partial charge in [0, 0.05) is 6.04 Å². The molecule has 1 aromatic carbocycles. The number of aliphatic carboxylic acids is 1. The maximum Gasteiger partial charge on any atom is 0.306 e. The van der Waals surface area contributed by atoms with Crippen molar-refractivity contribution in [2.24, 2.45) is 5.92 Å². The minimum atomic E-state index is -0.711. The van der Waals surface area contributed by atoms with Crippen molar-refractivity contribution in [1.82, 2.24) is 5.32 Å². The average molecular weight is 289 g/mol. The molecular formula is C17H23NO3. The van der Waals surface area contributed by atoms with Crippen molar-refractivity contribution < 1.29 is 14.7 Å². The Morgan fingerprint density at radius 2 is 1.76 bits per heavy atom. The standard InChI is InChI=1S/C17H23NO3/c1-2-12-5-3-4-6-14(12)11-16(19)18-15-9-7-13(8-10-15)17(20)21/h3-6,13,15H,2,7-11H2,1H3,(H,18,19)(H,20,21). The first-order valence-corrected chi connectivity index (χ1v) is 7.69. The summed E-state index contributed by atoms with van der Waals surface area (Å²) in [6.07, 6.45) is 4.17. The second-order valence-electron chi connectivity index (χ2n) is 5.75. The Hall–Kier alpha value is -1.84. The third kappa shape index (κ3) is 4.31. The van der Waals surface area contributed by atoms with Crippen LogP contribution in [-0.2, 0) is 22.4 Å². The van der Waals surface area contributed by atoms with Crippen LogP contribution in [-0.4, -0.2) is 23.0 Å². The summed E-state index contributed by atoms with van der Waals surface area (Å²) in [6.45, 7) is 2.09. The zero-order valence-corrected chi connectivity index (χ0v) is 12.5. The lowest BCUT2D eigenvalue weighted by Crippen LogP contribution is -2.39. The topological polar surface area (TPSA) is 66.4 Å². The van der Waals surface area contributed by atoms with Gasteiger partial charge in [0.25, 0.3) is 0 Å². The third-order valence-electron chi connectivity index (χ3n) is 4.29. The maximum absolute atomic E-state index is 12.1. The number of hydrogen-bond donors (Lipinski definition) is 2. The Morgan fingerprint density at radius 1 is 1.14 bits per heavy atom. The smallest absolute Gasteiger partial charge is 0.306 e. The number of nitrogens with one attached hydrogen (secondary N) is 1. The number of carbonyl (C=O) groups excluding carboxylic acids is 1. The molecule has 1 aliphatic rings. The van der Waals surface area contributed by atoms with Crippen molar-refractivity contribution in [3.05, 3.63) is 35.4 Å². The van der Waals surface area contributed by atoms with Gasteiger partial charge in [-0.2, -0.15) is 0 Å². The van der Waals surface area contributed by atoms with Crippen LogP contribution in [0, 0.1) is 5.92 Å². The molecule has 2 N–H and O–H groups in total. The van der Waals surface area contributed by atoms with Crippen LogP contribution in [0.25, 0.3) is 0 Å². The molecule has 4 heteroatoms. The molecule has 1 amide bonds. The molecule has 0 atom stereocenters. The molecule has 1 saturated carbocycles. The largest absolute Gasteiger partial charge is 0.481 e. The summed E-state index contributed by atoms with van der Waals surface area (Å²) in [4.78, 5) is 23.0. The molecule has 21 heavy (non-hydrogen) atoms. The Kier molecular flexibility index (Phi) is 5.37. The molecule has 0 radical (unpaired) electrons. The molecule has 1 aromatic rings. The van der Waals surface area contributed by atoms with E-state index in [4.69, 9.17) is 5.11 Å². The van der Waals surface area contributed by atoms with Crippen molar-refractivity contribution in [1.29, 1.82) is 0 Å². The third-order valence-corrected chi connectivity index (χ3v) is 4.29. The first kappa shape index (κ1) is 15.5. The van der Waals surface area contributed by atoms with Crippen LogP contribution >= 0.6 is 0 Å². The highest BCUT2D eigenvalue weighted by Crippen LogP contribution is 2.24. The van der Waals surface area contributed by atoms with E-state index in [9.17, 15) is 9.59 Å². The Labute approximate surface area is 125 Å². The number of rotatable bonds is 5. The van der Waals surface area contributed by atoms with E-state index in [2.05, 4.69) is 18.3 Å². The molecule has 1 aliphatic carbocycles. The summed E-state index contributed by atoms with van der Waals surface area (Å²) >= 11 is 0. The second kappa shape index (κ2) is 7.25. The maximum atomic E-state index is 12.1. The van der Waals surface area contributed by atoms with Crippen LogP contribution in [0.3, 0.4) is 0 Å². The molecule has 0 spiro atoms. The quantitative estimate of drug-likeness (QED) is 0.875. The van der Waals surface area contributed by atoms with Crippen LogP contribution in [0.1, 0.15) is 43.7 Å². The summed E-state index contributed by atoms with van der Waals surface area (Å²) in [5.41, 5.74) is 2.29. The number of carboxylic acid groups (broad SMARTS) is 1. The van der Waals surface area contributed by atoms with Crippen molar-refractivity contribution in [3.63, 3.8) is 0 Å². The summed E-state index contributed by atoms with van der Waals surface area (Å²) in [5, 5.41) is 12.0. The normalized spacial score (nSPS) is 21.8. The number of benzene rings is 1. The molecule has 2 rings (SSSR count). The van der Waals surface area contributed by atoms with Gasteiger partial charge in [0.05, 0.1) is 12.3 Å². The van der Waals surface area contributed by atoms with Gasteiger partial charge in [-0.15, -0.1) is 0 Å². The zero-order valence-electron chi connectivity index (χ0n) is 12.5. The molecule has 114 valence electrons. The van der Waals surface area contributed by atoms with Crippen LogP contribution in [0.4, 0.5) is 0 Å². The van der Waals surface area contributed by atoms with E-state index in [0.717, 1.165) is 24.8 Å². The molecule has 0 saturated heterocycles. The fourth-order valence-electron chi connectivity index (χ4n) is 3.01. The van der Waals surface area contributed by atoms with Gasteiger partial charge in [-0.25, -0.2) is 0 Å². The summed E-state index contributed by atoms with van der Waals surface area (Å²) < 4.78 is 0. The summed E-state index contributed by atoms with van der Waals surface area (Å²) in [5.74, 6) is -0.912. The van der Waals surface area contributed by atoms with E-state index in [1.165, 1.54) is 5.56 Å². The SMILES string of the molecule is CCc1ccccc1CC(=O)NC1CCC(C(=O)O)CC1. The number of hydrogen-bond acceptors (Lipinski definition) is 2. The predicted molar refractivity (Wildman–Crippen MR) is 81.0 cm³/mol. The van der Waals surface area contributed by atoms with Crippen LogP contribution in [0.5, 0.6) is 0 Å². The van der Waals surface area contributed by atoms with Gasteiger partial charge < -0.3 is 10.4 Å². The van der Waals surface area contributed by atoms with Crippen molar-refractivity contribution in [2.45, 2.75) is 51.5 Å². The van der Waals surface area contributed by atoms with Gasteiger partial charge in [0.2, 0.25) is 5.91 Å². The first-order valence-electron chi connectivity index (χ1n) is 7.69. The fraction of sp³-hybridized carbons (Fsp3) is 0.529. The summed E-state index contributed by atoms with van der Waals surface area (Å²) in [6, 6.07) is 8.13. The second-order valence-corrected chi connectivity index (χ2v) is 5.75. The number of aryl methyl sites for hydroxylation is 1. The molecule has 0 unspecified atom stereocenters. The highest BCUT2D eigenvalue weighted by Gasteiger charge is 2.26. The molecule has 0 heterocycles. The molecular weight excluding hydrogens is 266 g/mol. The lowest BCUT2D eigenvalue weighted by atomic mass is 9.86. The van der Waals surface area contributed by atoms with E-state index in [-0.39, 0.29) is 17.9 Å². The molecule has 0 bridgehead atoms. The minimum absolute atomic E-state index is 0.0367. The van der Waals surface area contributed by atoms with Gasteiger partial charge in [-0.3, -0.25) is 9.59 Å². The van der Waals surface area contributed by atoms with Gasteiger partial charge in [0.15, 0.2) is 0 Å². The molecule has 0 aromatic heterocycles. The lowest BCUT2D eigenvalue weighted by molar-refractivity contribution is -0.142. The highest BCUT2D eigenvalue weighted by molar-refractivity contribution is 5.79. The van der Waals surface area contributed by atoms with E-state index in [0.29, 0.717) is 19.3 Å². The van der Waals surface area contributed by atoms with E-state index in [1.807, 2.05) is 18.2 Å². The number of amides is 1. The fourth-order valence-corrected chi connectivity index (χ4v) is 3.01. The van der Waals surface area contributed by atoms with E-state index >= 15 is 0 Å². The molecule has 1 fully saturated rings. The minimum Gasteiger partial charge on any atom is -0.481 e. The number of carbonyl (C=O) groups is 2. The first-order chi connectivity index (χ1) is 10.1. The van der Waals surface area contributed by atoms with Crippen LogP contribution in [0.15, 0.2) is 24.3 Å². The van der Waals surface area contributed by atoms with Gasteiger partial charge in [-0.05, 0) is 43.2 Å². The van der Waals surface area contributed by atoms with Gasteiger partial charge >= 0.3 is 5.97 Å². The van der Waals surface area contributed by atoms with Crippen molar-refractivity contribution >= 4 is 11.9 Å². The van der Waals surface area contributed by atoms with E-state index < -0.39 is 5.97 Å². The Morgan fingerprint density at radius 3 is 2.33 bits per heavy atom. The van der Waals surface area contributed by atoms with Crippen LogP contribution in [0.2, 0.25) is 0 Å². The number of carboxylic acids is 1. The van der Waals surface area contributed by atoms with Crippen molar-refractivity contribution in [3.8, 4) is 0 Å². The predicted octanol–water partition coefficient (Wildman–Crippen LogP) is 2.55.